The number of fused-ring (bicyclic) bond motifs is 1. The van der Waals surface area contributed by atoms with Gasteiger partial charge in [-0.05, 0) is 37.0 Å². The zero-order valence-electron chi connectivity index (χ0n) is 12.5. The molecule has 1 N–H and O–H groups in total. The molecule has 114 valence electrons. The summed E-state index contributed by atoms with van der Waals surface area (Å²) in [4.78, 5) is 20.2. The van der Waals surface area contributed by atoms with Gasteiger partial charge >= 0.3 is 5.76 Å². The molecule has 1 aliphatic carbocycles. The molecule has 4 nitrogen and oxygen atoms in total. The van der Waals surface area contributed by atoms with Crippen LogP contribution >= 0.6 is 11.3 Å². The van der Waals surface area contributed by atoms with Crippen molar-refractivity contribution in [2.75, 3.05) is 0 Å². The van der Waals surface area contributed by atoms with Crippen molar-refractivity contribution in [3.63, 3.8) is 0 Å². The number of H-pyrrole nitrogens is 1. The maximum atomic E-state index is 11.3. The summed E-state index contributed by atoms with van der Waals surface area (Å²) in [6.45, 7) is 2.15. The van der Waals surface area contributed by atoms with Gasteiger partial charge in [-0.15, -0.1) is 11.3 Å². The van der Waals surface area contributed by atoms with Gasteiger partial charge < -0.3 is 4.42 Å². The van der Waals surface area contributed by atoms with Crippen LogP contribution in [0.3, 0.4) is 0 Å². The first kappa shape index (κ1) is 13.8. The van der Waals surface area contributed by atoms with Crippen LogP contribution in [-0.2, 0) is 6.42 Å². The molecule has 1 aliphatic rings. The van der Waals surface area contributed by atoms with Gasteiger partial charge in [0.25, 0.3) is 0 Å². The first-order chi connectivity index (χ1) is 10.7. The third-order valence-corrected chi connectivity index (χ3v) is 5.69. The van der Waals surface area contributed by atoms with Crippen molar-refractivity contribution >= 4 is 22.4 Å². The minimum atomic E-state index is -0.401. The van der Waals surface area contributed by atoms with Crippen molar-refractivity contribution < 1.29 is 4.42 Å². The van der Waals surface area contributed by atoms with Crippen LogP contribution in [0.5, 0.6) is 0 Å². The Balaban J connectivity index is 1.84. The molecule has 0 radical (unpaired) electrons. The van der Waals surface area contributed by atoms with Gasteiger partial charge in [-0.1, -0.05) is 25.8 Å². The van der Waals surface area contributed by atoms with E-state index in [-0.39, 0.29) is 0 Å². The molecule has 5 heteroatoms. The average molecular weight is 314 g/mol. The van der Waals surface area contributed by atoms with Crippen LogP contribution in [0, 0.1) is 0 Å². The second-order valence-corrected chi connectivity index (χ2v) is 6.97. The molecule has 1 aromatic carbocycles. The Hall–Kier alpha value is -1.88. The quantitative estimate of drug-likeness (QED) is 0.776. The molecule has 1 saturated carbocycles. The molecule has 0 amide bonds. The summed E-state index contributed by atoms with van der Waals surface area (Å²) < 4.78 is 5.20. The average Bonchev–Trinajstić information content (AvgIpc) is 3.23. The van der Waals surface area contributed by atoms with Crippen molar-refractivity contribution in [1.82, 2.24) is 9.97 Å². The van der Waals surface area contributed by atoms with Crippen LogP contribution in [-0.4, -0.2) is 9.97 Å². The van der Waals surface area contributed by atoms with Crippen LogP contribution in [0.1, 0.15) is 49.2 Å². The van der Waals surface area contributed by atoms with Gasteiger partial charge in [0.2, 0.25) is 0 Å². The summed E-state index contributed by atoms with van der Waals surface area (Å²) in [5.74, 6) is 0.183. The highest BCUT2D eigenvalue weighted by Crippen LogP contribution is 2.42. The minimum Gasteiger partial charge on any atom is -0.408 e. The lowest BCUT2D eigenvalue weighted by atomic mass is 10.00. The van der Waals surface area contributed by atoms with Gasteiger partial charge in [0, 0.05) is 5.92 Å². The third kappa shape index (κ3) is 2.29. The molecule has 0 spiro atoms. The number of nitrogens with one attached hydrogen (secondary N) is 1. The number of oxazole rings is 1. The van der Waals surface area contributed by atoms with E-state index in [0.717, 1.165) is 17.5 Å². The molecule has 2 aromatic heterocycles. The van der Waals surface area contributed by atoms with Crippen LogP contribution in [0.15, 0.2) is 27.4 Å². The van der Waals surface area contributed by atoms with Gasteiger partial charge in [0.05, 0.1) is 21.1 Å². The lowest BCUT2D eigenvalue weighted by Gasteiger charge is -2.08. The monoisotopic (exact) mass is 314 g/mol. The molecule has 1 fully saturated rings. The molecule has 0 aliphatic heterocycles. The van der Waals surface area contributed by atoms with Crippen molar-refractivity contribution in [3.8, 4) is 10.4 Å². The largest absolute Gasteiger partial charge is 0.417 e. The van der Waals surface area contributed by atoms with E-state index in [0.29, 0.717) is 11.5 Å². The molecule has 22 heavy (non-hydrogen) atoms. The number of aromatic amines is 1. The number of rotatable bonds is 3. The molecule has 0 saturated heterocycles. The molecule has 0 atom stereocenters. The summed E-state index contributed by atoms with van der Waals surface area (Å²) in [5, 5.41) is 1.19. The minimum absolute atomic E-state index is 0.401. The van der Waals surface area contributed by atoms with Crippen molar-refractivity contribution in [2.45, 2.75) is 44.9 Å². The highest BCUT2D eigenvalue weighted by molar-refractivity contribution is 7.15. The van der Waals surface area contributed by atoms with Crippen molar-refractivity contribution in [1.29, 1.82) is 0 Å². The number of hydrogen-bond donors (Lipinski definition) is 1. The van der Waals surface area contributed by atoms with Gasteiger partial charge in [-0.2, -0.15) is 0 Å². The highest BCUT2D eigenvalue weighted by Gasteiger charge is 2.24. The van der Waals surface area contributed by atoms with Gasteiger partial charge in [-0.3, -0.25) is 4.98 Å². The van der Waals surface area contributed by atoms with Crippen LogP contribution in [0.25, 0.3) is 21.5 Å². The molecule has 4 rings (SSSR count). The SMILES string of the molecule is CCc1nc(C2CCCC2)c(-c2ccc3[nH]c(=O)oc3c2)s1. The Morgan fingerprint density at radius 2 is 2.18 bits per heavy atom. The summed E-state index contributed by atoms with van der Waals surface area (Å²) in [6.07, 6.45) is 6.04. The van der Waals surface area contributed by atoms with E-state index >= 15 is 0 Å². The van der Waals surface area contributed by atoms with Gasteiger partial charge in [0.1, 0.15) is 0 Å². The van der Waals surface area contributed by atoms with E-state index in [4.69, 9.17) is 9.40 Å². The number of thiazole rings is 1. The fourth-order valence-electron chi connectivity index (χ4n) is 3.30. The van der Waals surface area contributed by atoms with E-state index in [9.17, 15) is 4.79 Å². The number of aryl methyl sites for hydroxylation is 1. The maximum absolute atomic E-state index is 11.3. The Morgan fingerprint density at radius 1 is 1.36 bits per heavy atom. The second kappa shape index (κ2) is 5.39. The van der Waals surface area contributed by atoms with Crippen LogP contribution in [0.4, 0.5) is 0 Å². The lowest BCUT2D eigenvalue weighted by Crippen LogP contribution is -1.95. The normalized spacial score (nSPS) is 15.9. The number of benzene rings is 1. The van der Waals surface area contributed by atoms with E-state index in [1.165, 1.54) is 41.3 Å². The first-order valence-electron chi connectivity index (χ1n) is 7.87. The Bertz CT molecular complexity index is 868. The maximum Gasteiger partial charge on any atom is 0.417 e. The Kier molecular flexibility index (Phi) is 3.37. The summed E-state index contributed by atoms with van der Waals surface area (Å²) >= 11 is 1.77. The molecule has 3 aromatic rings. The predicted octanol–water partition coefficient (Wildman–Crippen LogP) is 4.46. The third-order valence-electron chi connectivity index (χ3n) is 4.43. The van der Waals surface area contributed by atoms with E-state index in [1.807, 2.05) is 12.1 Å². The number of hydrogen-bond acceptors (Lipinski definition) is 4. The lowest BCUT2D eigenvalue weighted by molar-refractivity contribution is 0.555. The Morgan fingerprint density at radius 3 is 2.95 bits per heavy atom. The van der Waals surface area contributed by atoms with Crippen molar-refractivity contribution in [3.05, 3.63) is 39.5 Å². The van der Waals surface area contributed by atoms with Crippen LogP contribution < -0.4 is 5.76 Å². The van der Waals surface area contributed by atoms with E-state index < -0.39 is 5.76 Å². The van der Waals surface area contributed by atoms with Crippen molar-refractivity contribution in [2.24, 2.45) is 0 Å². The summed E-state index contributed by atoms with van der Waals surface area (Å²) in [7, 11) is 0. The zero-order chi connectivity index (χ0) is 15.1. The topological polar surface area (TPSA) is 58.9 Å². The van der Waals surface area contributed by atoms with Crippen LogP contribution in [0.2, 0.25) is 0 Å². The molecule has 0 bridgehead atoms. The van der Waals surface area contributed by atoms with E-state index in [2.05, 4.69) is 18.0 Å². The fraction of sp³-hybridized carbons (Fsp3) is 0.412. The zero-order valence-corrected chi connectivity index (χ0v) is 13.3. The first-order valence-corrected chi connectivity index (χ1v) is 8.69. The number of aromatic nitrogens is 2. The molecule has 2 heterocycles. The second-order valence-electron chi connectivity index (χ2n) is 5.88. The van der Waals surface area contributed by atoms with Gasteiger partial charge in [0.15, 0.2) is 5.58 Å². The highest BCUT2D eigenvalue weighted by atomic mass is 32.1. The number of nitrogens with zero attached hydrogens (tertiary/aromatic N) is 1. The summed E-state index contributed by atoms with van der Waals surface area (Å²) in [6, 6.07) is 5.93. The summed E-state index contributed by atoms with van der Waals surface area (Å²) in [5.41, 5.74) is 3.72. The molecule has 0 unspecified atom stereocenters. The fourth-order valence-corrected chi connectivity index (χ4v) is 4.38. The molecular weight excluding hydrogens is 296 g/mol. The smallest absolute Gasteiger partial charge is 0.408 e. The molecular formula is C17H18N2O2S. The van der Waals surface area contributed by atoms with Gasteiger partial charge in [-0.25, -0.2) is 9.78 Å². The standard InChI is InChI=1S/C17H18N2O2S/c1-2-14-19-15(10-5-3-4-6-10)16(22-14)11-7-8-12-13(9-11)21-17(20)18-12/h7-10H,2-6H2,1H3,(H,18,20). The Labute approximate surface area is 132 Å². The van der Waals surface area contributed by atoms with E-state index in [1.54, 1.807) is 11.3 Å². The predicted molar refractivity (Wildman–Crippen MR) is 88.5 cm³/mol.